The maximum Gasteiger partial charge on any atom is 0.0164 e. The Labute approximate surface area is 94.3 Å². The lowest BCUT2D eigenvalue weighted by atomic mass is 9.98. The molecule has 0 bridgehead atoms. The highest BCUT2D eigenvalue weighted by molar-refractivity contribution is 5.04. The molecule has 0 radical (unpaired) electrons. The summed E-state index contributed by atoms with van der Waals surface area (Å²) in [5.74, 6) is 0.883. The van der Waals surface area contributed by atoms with Gasteiger partial charge in [-0.2, -0.15) is 0 Å². The first kappa shape index (κ1) is 11.2. The second-order valence-corrected chi connectivity index (χ2v) is 5.42. The van der Waals surface area contributed by atoms with E-state index in [2.05, 4.69) is 18.3 Å². The molecular weight excluding hydrogens is 182 g/mol. The second-order valence-electron chi connectivity index (χ2n) is 5.42. The molecule has 2 fully saturated rings. The molecule has 2 aliphatic carbocycles. The lowest BCUT2D eigenvalue weighted by Crippen LogP contribution is -2.18. The predicted molar refractivity (Wildman–Crippen MR) is 66.0 cm³/mol. The molecule has 0 aromatic heterocycles. The summed E-state index contributed by atoms with van der Waals surface area (Å²) in [6.45, 7) is 3.42. The number of allylic oxidation sites excluding steroid dienone is 1. The Bertz CT molecular complexity index is 207. The van der Waals surface area contributed by atoms with Crippen molar-refractivity contribution in [3.63, 3.8) is 0 Å². The molecule has 15 heavy (non-hydrogen) atoms. The highest BCUT2D eigenvalue weighted by atomic mass is 14.9. The van der Waals surface area contributed by atoms with Gasteiger partial charge in [0.2, 0.25) is 0 Å². The van der Waals surface area contributed by atoms with Crippen LogP contribution in [0.4, 0.5) is 0 Å². The van der Waals surface area contributed by atoms with Crippen molar-refractivity contribution in [2.75, 3.05) is 6.54 Å². The quantitative estimate of drug-likeness (QED) is 0.548. The van der Waals surface area contributed by atoms with Crippen LogP contribution in [0.3, 0.4) is 0 Å². The Morgan fingerprint density at radius 3 is 2.33 bits per heavy atom. The normalized spacial score (nSPS) is 25.3. The van der Waals surface area contributed by atoms with E-state index in [1.165, 1.54) is 51.4 Å². The van der Waals surface area contributed by atoms with Crippen LogP contribution in [0.2, 0.25) is 0 Å². The SMILES string of the molecule is CC(=CC1CCCCCC1)CNC1CC1. The van der Waals surface area contributed by atoms with Gasteiger partial charge in [0.25, 0.3) is 0 Å². The average Bonchev–Trinajstić information content (AvgIpc) is 3.03. The summed E-state index contributed by atoms with van der Waals surface area (Å²) in [6.07, 6.45) is 14.0. The Morgan fingerprint density at radius 2 is 1.73 bits per heavy atom. The van der Waals surface area contributed by atoms with Crippen LogP contribution in [0, 0.1) is 5.92 Å². The van der Waals surface area contributed by atoms with Crippen LogP contribution in [-0.2, 0) is 0 Å². The van der Waals surface area contributed by atoms with Gasteiger partial charge in [0.1, 0.15) is 0 Å². The zero-order chi connectivity index (χ0) is 10.5. The van der Waals surface area contributed by atoms with Gasteiger partial charge in [-0.1, -0.05) is 37.3 Å². The van der Waals surface area contributed by atoms with Crippen molar-refractivity contribution in [3.8, 4) is 0 Å². The summed E-state index contributed by atoms with van der Waals surface area (Å²) in [4.78, 5) is 0. The molecule has 0 unspecified atom stereocenters. The van der Waals surface area contributed by atoms with E-state index in [-0.39, 0.29) is 0 Å². The minimum atomic E-state index is 0.850. The molecule has 0 amide bonds. The zero-order valence-corrected chi connectivity index (χ0v) is 10.1. The largest absolute Gasteiger partial charge is 0.310 e. The van der Waals surface area contributed by atoms with E-state index in [0.717, 1.165) is 18.5 Å². The second kappa shape index (κ2) is 5.69. The molecule has 2 rings (SSSR count). The standard InChI is InChI=1S/C14H25N/c1-12(11-15-14-8-9-14)10-13-6-4-2-3-5-7-13/h10,13-15H,2-9,11H2,1H3. The molecule has 1 heteroatoms. The van der Waals surface area contributed by atoms with Crippen LogP contribution >= 0.6 is 0 Å². The molecule has 1 N–H and O–H groups in total. The van der Waals surface area contributed by atoms with E-state index in [1.807, 2.05) is 0 Å². The molecule has 0 spiro atoms. The highest BCUT2D eigenvalue weighted by Gasteiger charge is 2.20. The minimum absolute atomic E-state index is 0.850. The fraction of sp³-hybridized carbons (Fsp3) is 0.857. The summed E-state index contributed by atoms with van der Waals surface area (Å²) < 4.78 is 0. The molecule has 1 nitrogen and oxygen atoms in total. The summed E-state index contributed by atoms with van der Waals surface area (Å²) in [6, 6.07) is 0.850. The predicted octanol–water partition coefficient (Wildman–Crippen LogP) is 3.66. The Balaban J connectivity index is 1.72. The summed E-state index contributed by atoms with van der Waals surface area (Å²) >= 11 is 0. The van der Waals surface area contributed by atoms with Crippen molar-refractivity contribution < 1.29 is 0 Å². The molecule has 0 heterocycles. The molecule has 0 aliphatic heterocycles. The Morgan fingerprint density at radius 1 is 1.07 bits per heavy atom. The van der Waals surface area contributed by atoms with Crippen LogP contribution in [0.25, 0.3) is 0 Å². The van der Waals surface area contributed by atoms with E-state index in [4.69, 9.17) is 0 Å². The molecule has 0 atom stereocenters. The van der Waals surface area contributed by atoms with Gasteiger partial charge in [0.05, 0.1) is 0 Å². The third-order valence-electron chi connectivity index (χ3n) is 3.67. The molecule has 2 saturated carbocycles. The first-order chi connectivity index (χ1) is 7.34. The average molecular weight is 207 g/mol. The van der Waals surface area contributed by atoms with Gasteiger partial charge in [-0.05, 0) is 38.5 Å². The van der Waals surface area contributed by atoms with Crippen LogP contribution < -0.4 is 5.32 Å². The number of hydrogen-bond donors (Lipinski definition) is 1. The van der Waals surface area contributed by atoms with Crippen LogP contribution in [0.15, 0.2) is 11.6 Å². The molecule has 0 aromatic carbocycles. The maximum atomic E-state index is 3.59. The van der Waals surface area contributed by atoms with Gasteiger partial charge in [-0.15, -0.1) is 0 Å². The van der Waals surface area contributed by atoms with Crippen molar-refractivity contribution in [2.24, 2.45) is 5.92 Å². The summed E-state index contributed by atoms with van der Waals surface area (Å²) in [5, 5.41) is 3.59. The topological polar surface area (TPSA) is 12.0 Å². The smallest absolute Gasteiger partial charge is 0.0164 e. The molecule has 2 aliphatic rings. The van der Waals surface area contributed by atoms with E-state index in [9.17, 15) is 0 Å². The summed E-state index contributed by atoms with van der Waals surface area (Å²) in [5.41, 5.74) is 1.56. The summed E-state index contributed by atoms with van der Waals surface area (Å²) in [7, 11) is 0. The van der Waals surface area contributed by atoms with Crippen LogP contribution in [0.1, 0.15) is 58.3 Å². The lowest BCUT2D eigenvalue weighted by Gasteiger charge is -2.11. The maximum absolute atomic E-state index is 3.59. The van der Waals surface area contributed by atoms with Crippen LogP contribution in [-0.4, -0.2) is 12.6 Å². The van der Waals surface area contributed by atoms with Crippen molar-refractivity contribution in [3.05, 3.63) is 11.6 Å². The van der Waals surface area contributed by atoms with Gasteiger partial charge in [-0.3, -0.25) is 0 Å². The third kappa shape index (κ3) is 4.38. The third-order valence-corrected chi connectivity index (χ3v) is 3.67. The van der Waals surface area contributed by atoms with Crippen molar-refractivity contribution in [2.45, 2.75) is 64.3 Å². The Hall–Kier alpha value is -0.300. The number of rotatable bonds is 4. The number of nitrogens with one attached hydrogen (secondary N) is 1. The molecule has 0 saturated heterocycles. The van der Waals surface area contributed by atoms with E-state index < -0.39 is 0 Å². The van der Waals surface area contributed by atoms with Gasteiger partial charge in [0, 0.05) is 12.6 Å². The van der Waals surface area contributed by atoms with Gasteiger partial charge >= 0.3 is 0 Å². The molecular formula is C14H25N. The first-order valence-corrected chi connectivity index (χ1v) is 6.75. The van der Waals surface area contributed by atoms with Gasteiger partial charge in [-0.25, -0.2) is 0 Å². The molecule has 86 valence electrons. The minimum Gasteiger partial charge on any atom is -0.310 e. The number of hydrogen-bond acceptors (Lipinski definition) is 1. The van der Waals surface area contributed by atoms with Crippen LogP contribution in [0.5, 0.6) is 0 Å². The molecule has 0 aromatic rings. The Kier molecular flexibility index (Phi) is 4.25. The van der Waals surface area contributed by atoms with Crippen molar-refractivity contribution in [1.29, 1.82) is 0 Å². The van der Waals surface area contributed by atoms with Crippen molar-refractivity contribution >= 4 is 0 Å². The highest BCUT2D eigenvalue weighted by Crippen LogP contribution is 2.25. The fourth-order valence-corrected chi connectivity index (χ4v) is 2.53. The van der Waals surface area contributed by atoms with Gasteiger partial charge < -0.3 is 5.32 Å². The first-order valence-electron chi connectivity index (χ1n) is 6.75. The van der Waals surface area contributed by atoms with E-state index in [1.54, 1.807) is 5.57 Å². The zero-order valence-electron chi connectivity index (χ0n) is 10.1. The lowest BCUT2D eigenvalue weighted by molar-refractivity contribution is 0.553. The van der Waals surface area contributed by atoms with Gasteiger partial charge in [0.15, 0.2) is 0 Å². The van der Waals surface area contributed by atoms with Crippen molar-refractivity contribution in [1.82, 2.24) is 5.32 Å². The fourth-order valence-electron chi connectivity index (χ4n) is 2.53. The monoisotopic (exact) mass is 207 g/mol. The van der Waals surface area contributed by atoms with E-state index >= 15 is 0 Å². The van der Waals surface area contributed by atoms with E-state index in [0.29, 0.717) is 0 Å².